The van der Waals surface area contributed by atoms with E-state index in [1.54, 1.807) is 0 Å². The van der Waals surface area contributed by atoms with E-state index in [0.717, 1.165) is 18.2 Å². The van der Waals surface area contributed by atoms with Crippen LogP contribution in [0.25, 0.3) is 0 Å². The van der Waals surface area contributed by atoms with Crippen LogP contribution in [0.2, 0.25) is 5.02 Å². The lowest BCUT2D eigenvalue weighted by atomic mass is 10.3. The average molecular weight is 317 g/mol. The molecule has 106 valence electrons. The minimum atomic E-state index is -4.04. The van der Waals surface area contributed by atoms with Crippen molar-refractivity contribution in [3.63, 3.8) is 0 Å². The van der Waals surface area contributed by atoms with Crippen LogP contribution in [0.5, 0.6) is 11.5 Å². The highest BCUT2D eigenvalue weighted by molar-refractivity contribution is 7.87. The normalized spacial score (nSPS) is 11.2. The van der Waals surface area contributed by atoms with Gasteiger partial charge in [-0.1, -0.05) is 11.6 Å². The predicted molar refractivity (Wildman–Crippen MR) is 72.2 cm³/mol. The van der Waals surface area contributed by atoms with E-state index in [2.05, 4.69) is 0 Å². The maximum absolute atomic E-state index is 12.9. The summed E-state index contributed by atoms with van der Waals surface area (Å²) in [5.74, 6) is -0.197. The molecule has 2 aromatic carbocycles. The molecule has 0 bridgehead atoms. The maximum atomic E-state index is 12.9. The molecule has 20 heavy (non-hydrogen) atoms. The number of rotatable bonds is 4. The van der Waals surface area contributed by atoms with E-state index in [-0.39, 0.29) is 15.7 Å². The molecule has 0 aliphatic heterocycles. The molecule has 0 N–H and O–H groups in total. The molecule has 0 aliphatic carbocycles. The monoisotopic (exact) mass is 316 g/mol. The molecule has 0 aliphatic rings. The minimum absolute atomic E-state index is 0.0568. The van der Waals surface area contributed by atoms with Crippen LogP contribution in [0.1, 0.15) is 0 Å². The van der Waals surface area contributed by atoms with Gasteiger partial charge in [-0.25, -0.2) is 4.39 Å². The standard InChI is InChI=1S/C13H10ClFO4S/c1-18-10-3-5-11(6-4-10)20(16,17)19-13-7-2-9(15)8-12(13)14/h2-8H,1H3. The van der Waals surface area contributed by atoms with E-state index in [1.807, 2.05) is 0 Å². The SMILES string of the molecule is COc1ccc(S(=O)(=O)Oc2ccc(F)cc2Cl)cc1. The number of hydrogen-bond acceptors (Lipinski definition) is 4. The van der Waals surface area contributed by atoms with Crippen LogP contribution >= 0.6 is 11.6 Å². The Labute approximate surface area is 120 Å². The van der Waals surface area contributed by atoms with Crippen molar-refractivity contribution in [1.82, 2.24) is 0 Å². The Morgan fingerprint density at radius 2 is 1.75 bits per heavy atom. The first-order chi connectivity index (χ1) is 9.42. The lowest BCUT2D eigenvalue weighted by molar-refractivity contribution is 0.414. The molecule has 0 heterocycles. The lowest BCUT2D eigenvalue weighted by Crippen LogP contribution is -2.10. The molecular weight excluding hydrogens is 307 g/mol. The van der Waals surface area contributed by atoms with Gasteiger partial charge in [0.25, 0.3) is 0 Å². The topological polar surface area (TPSA) is 52.6 Å². The molecule has 0 saturated heterocycles. The first-order valence-corrected chi connectivity index (χ1v) is 7.24. The largest absolute Gasteiger partial charge is 0.497 e. The van der Waals surface area contributed by atoms with Gasteiger partial charge >= 0.3 is 10.1 Å². The number of ether oxygens (including phenoxy) is 1. The molecule has 4 nitrogen and oxygen atoms in total. The summed E-state index contributed by atoms with van der Waals surface area (Å²) in [6.45, 7) is 0. The zero-order valence-corrected chi connectivity index (χ0v) is 11.9. The van der Waals surface area contributed by atoms with Gasteiger partial charge in [-0.15, -0.1) is 0 Å². The Kier molecular flexibility index (Phi) is 4.15. The summed E-state index contributed by atoms with van der Waals surface area (Å²) in [5, 5.41) is -0.123. The second-order valence-corrected chi connectivity index (χ2v) is 5.74. The second-order valence-electron chi connectivity index (χ2n) is 3.79. The maximum Gasteiger partial charge on any atom is 0.339 e. The summed E-state index contributed by atoms with van der Waals surface area (Å²) in [5.41, 5.74) is 0. The van der Waals surface area contributed by atoms with Gasteiger partial charge in [0.05, 0.1) is 12.1 Å². The summed E-state index contributed by atoms with van der Waals surface area (Å²) in [6, 6.07) is 8.84. The van der Waals surface area contributed by atoms with Crippen molar-refractivity contribution in [1.29, 1.82) is 0 Å². The number of methoxy groups -OCH3 is 1. The predicted octanol–water partition coefficient (Wildman–Crippen LogP) is 3.26. The Hall–Kier alpha value is -1.79. The van der Waals surface area contributed by atoms with Gasteiger partial charge in [-0.2, -0.15) is 8.42 Å². The van der Waals surface area contributed by atoms with Crippen molar-refractivity contribution < 1.29 is 21.7 Å². The highest BCUT2D eigenvalue weighted by Gasteiger charge is 2.18. The molecule has 7 heteroatoms. The van der Waals surface area contributed by atoms with E-state index in [4.69, 9.17) is 20.5 Å². The third kappa shape index (κ3) is 3.20. The van der Waals surface area contributed by atoms with Crippen LogP contribution < -0.4 is 8.92 Å². The second kappa shape index (κ2) is 5.68. The Bertz CT molecular complexity index is 714. The summed E-state index contributed by atoms with van der Waals surface area (Å²) in [7, 11) is -2.57. The number of benzene rings is 2. The average Bonchev–Trinajstić information content (AvgIpc) is 2.42. The highest BCUT2D eigenvalue weighted by atomic mass is 35.5. The van der Waals surface area contributed by atoms with Crippen molar-refractivity contribution in [2.75, 3.05) is 7.11 Å². The molecule has 0 aromatic heterocycles. The van der Waals surface area contributed by atoms with Crippen molar-refractivity contribution in [2.24, 2.45) is 0 Å². The summed E-state index contributed by atoms with van der Waals surface area (Å²) in [6.07, 6.45) is 0. The molecule has 0 fully saturated rings. The van der Waals surface area contributed by atoms with Crippen LogP contribution in [0, 0.1) is 5.82 Å². The van der Waals surface area contributed by atoms with Crippen LogP contribution in [0.4, 0.5) is 4.39 Å². The van der Waals surface area contributed by atoms with Crippen molar-refractivity contribution >= 4 is 21.7 Å². The van der Waals surface area contributed by atoms with Crippen LogP contribution in [0.3, 0.4) is 0 Å². The molecule has 0 unspecified atom stereocenters. The van der Waals surface area contributed by atoms with Gasteiger partial charge in [-0.3, -0.25) is 0 Å². The molecule has 0 spiro atoms. The van der Waals surface area contributed by atoms with E-state index in [1.165, 1.54) is 31.4 Å². The highest BCUT2D eigenvalue weighted by Crippen LogP contribution is 2.28. The third-order valence-corrected chi connectivity index (χ3v) is 3.99. The summed E-state index contributed by atoms with van der Waals surface area (Å²) >= 11 is 5.72. The quantitative estimate of drug-likeness (QED) is 0.812. The van der Waals surface area contributed by atoms with Gasteiger partial charge in [-0.05, 0) is 42.5 Å². The molecular formula is C13H10ClFO4S. The van der Waals surface area contributed by atoms with Crippen LogP contribution in [0.15, 0.2) is 47.4 Å². The zero-order chi connectivity index (χ0) is 14.8. The molecule has 0 saturated carbocycles. The minimum Gasteiger partial charge on any atom is -0.497 e. The fourth-order valence-corrected chi connectivity index (χ4v) is 2.65. The van der Waals surface area contributed by atoms with Gasteiger partial charge in [0.15, 0.2) is 5.75 Å². The number of halogens is 2. The van der Waals surface area contributed by atoms with Crippen molar-refractivity contribution in [2.45, 2.75) is 4.90 Å². The van der Waals surface area contributed by atoms with Gasteiger partial charge in [0.2, 0.25) is 0 Å². The fourth-order valence-electron chi connectivity index (χ4n) is 1.45. The molecule has 0 amide bonds. The van der Waals surface area contributed by atoms with Gasteiger partial charge < -0.3 is 8.92 Å². The van der Waals surface area contributed by atoms with E-state index < -0.39 is 15.9 Å². The molecule has 2 rings (SSSR count). The lowest BCUT2D eigenvalue weighted by Gasteiger charge is -2.09. The Balaban J connectivity index is 2.30. The first-order valence-electron chi connectivity index (χ1n) is 5.46. The van der Waals surface area contributed by atoms with Gasteiger partial charge in [0, 0.05) is 0 Å². The first kappa shape index (κ1) is 14.6. The summed E-state index contributed by atoms with van der Waals surface area (Å²) < 4.78 is 46.7. The van der Waals surface area contributed by atoms with Crippen molar-refractivity contribution in [3.8, 4) is 11.5 Å². The smallest absolute Gasteiger partial charge is 0.339 e. The van der Waals surface area contributed by atoms with E-state index in [9.17, 15) is 12.8 Å². The Morgan fingerprint density at radius 3 is 2.30 bits per heavy atom. The molecule has 0 atom stereocenters. The molecule has 2 aromatic rings. The van der Waals surface area contributed by atoms with E-state index >= 15 is 0 Å². The zero-order valence-electron chi connectivity index (χ0n) is 10.3. The van der Waals surface area contributed by atoms with Crippen LogP contribution in [-0.4, -0.2) is 15.5 Å². The molecule has 0 radical (unpaired) electrons. The van der Waals surface area contributed by atoms with Crippen LogP contribution in [-0.2, 0) is 10.1 Å². The van der Waals surface area contributed by atoms with Crippen molar-refractivity contribution in [3.05, 3.63) is 53.3 Å². The summed E-state index contributed by atoms with van der Waals surface area (Å²) in [4.78, 5) is -0.0568. The fraction of sp³-hybridized carbons (Fsp3) is 0.0769. The van der Waals surface area contributed by atoms with E-state index in [0.29, 0.717) is 5.75 Å². The number of hydrogen-bond donors (Lipinski definition) is 0. The van der Waals surface area contributed by atoms with Gasteiger partial charge in [0.1, 0.15) is 16.5 Å². The Morgan fingerprint density at radius 1 is 1.10 bits per heavy atom. The third-order valence-electron chi connectivity index (χ3n) is 2.44.